The zero-order chi connectivity index (χ0) is 17.8. The second-order valence-corrected chi connectivity index (χ2v) is 8.09. The van der Waals surface area contributed by atoms with Gasteiger partial charge in [-0.1, -0.05) is 0 Å². The van der Waals surface area contributed by atoms with E-state index in [2.05, 4.69) is 15.3 Å². The number of nitrogens with one attached hydrogen (secondary N) is 1. The molecule has 2 unspecified atom stereocenters. The predicted molar refractivity (Wildman–Crippen MR) is 91.5 cm³/mol. The third kappa shape index (κ3) is 2.82. The van der Waals surface area contributed by atoms with Gasteiger partial charge in [-0.3, -0.25) is 4.90 Å². The normalized spacial score (nSPS) is 36.0. The molecule has 3 aliphatic heterocycles. The summed E-state index contributed by atoms with van der Waals surface area (Å²) in [6.07, 6.45) is 0.994. The van der Waals surface area contributed by atoms with Crippen molar-refractivity contribution in [3.05, 3.63) is 6.33 Å². The molecule has 2 fully saturated rings. The molecule has 4 rings (SSSR count). The van der Waals surface area contributed by atoms with E-state index in [0.717, 1.165) is 0 Å². The van der Waals surface area contributed by atoms with Crippen molar-refractivity contribution in [3.63, 3.8) is 0 Å². The number of hydrogen-bond donors (Lipinski definition) is 4. The van der Waals surface area contributed by atoms with Crippen LogP contribution in [-0.2, 0) is 18.5 Å². The molecule has 0 aromatic carbocycles. The lowest BCUT2D eigenvalue weighted by Gasteiger charge is -2.32. The van der Waals surface area contributed by atoms with Crippen molar-refractivity contribution >= 4 is 37.3 Å². The first-order valence-corrected chi connectivity index (χ1v) is 10.3. The summed E-state index contributed by atoms with van der Waals surface area (Å²) in [6.45, 7) is 0.00573. The Kier molecular flexibility index (Phi) is 4.41. The van der Waals surface area contributed by atoms with E-state index < -0.39 is 32.7 Å². The van der Waals surface area contributed by atoms with E-state index in [-0.39, 0.29) is 12.1 Å². The lowest BCUT2D eigenvalue weighted by molar-refractivity contribution is -0.0681. The third-order valence-corrected chi connectivity index (χ3v) is 6.14. The molecule has 0 radical (unpaired) electrons. The smallest absolute Gasteiger partial charge is 0.382 e. The summed E-state index contributed by atoms with van der Waals surface area (Å²) in [5.74, 6) is 0.929. The lowest BCUT2D eigenvalue weighted by Crippen LogP contribution is -2.49. The molecule has 0 spiro atoms. The van der Waals surface area contributed by atoms with Crippen molar-refractivity contribution in [3.8, 4) is 0 Å². The topological polar surface area (TPSA) is 144 Å². The highest BCUT2D eigenvalue weighted by Gasteiger charge is 2.62. The van der Waals surface area contributed by atoms with E-state index in [4.69, 9.17) is 24.3 Å². The van der Waals surface area contributed by atoms with Crippen LogP contribution in [0.1, 0.15) is 0 Å². The Morgan fingerprint density at radius 2 is 2.28 bits per heavy atom. The van der Waals surface area contributed by atoms with Crippen LogP contribution < -0.4 is 16.0 Å². The molecule has 4 heterocycles. The van der Waals surface area contributed by atoms with Crippen LogP contribution in [0.5, 0.6) is 0 Å². The molecule has 0 aliphatic carbocycles. The second-order valence-electron chi connectivity index (χ2n) is 5.72. The average Bonchev–Trinajstić information content (AvgIpc) is 3.11. The number of hydrogen-bond acceptors (Lipinski definition) is 12. The molecule has 25 heavy (non-hydrogen) atoms. The molecule has 138 valence electrons. The minimum absolute atomic E-state index is 0.00573. The monoisotopic (exact) mass is 392 g/mol. The molecule has 13 heteroatoms. The largest absolute Gasteiger partial charge is 0.570 e. The van der Waals surface area contributed by atoms with Gasteiger partial charge in [0.1, 0.15) is 30.8 Å². The third-order valence-electron chi connectivity index (χ3n) is 4.34. The zero-order valence-electron chi connectivity index (χ0n) is 13.5. The molecule has 0 amide bonds. The van der Waals surface area contributed by atoms with Crippen LogP contribution >= 0.6 is 19.9 Å². The maximum Gasteiger partial charge on any atom is 0.570 e. The van der Waals surface area contributed by atoms with Crippen LogP contribution in [-0.4, -0.2) is 69.8 Å². The van der Waals surface area contributed by atoms with Crippen molar-refractivity contribution in [1.29, 1.82) is 0 Å². The summed E-state index contributed by atoms with van der Waals surface area (Å²) in [5, 5.41) is 3.26. The number of nitrogen functional groups attached to an aromatic ring is 1. The highest BCUT2D eigenvalue weighted by atomic mass is 32.2. The fourth-order valence-electron chi connectivity index (χ4n) is 3.26. The lowest BCUT2D eigenvalue weighted by atomic mass is 10.1. The number of aromatic nitrogens is 2. The van der Waals surface area contributed by atoms with Gasteiger partial charge >= 0.3 is 8.17 Å². The van der Waals surface area contributed by atoms with Gasteiger partial charge in [-0.05, 0) is 6.26 Å². The van der Waals surface area contributed by atoms with E-state index in [9.17, 15) is 9.79 Å². The van der Waals surface area contributed by atoms with Crippen molar-refractivity contribution < 1.29 is 28.3 Å². The van der Waals surface area contributed by atoms with Gasteiger partial charge in [0, 0.05) is 7.11 Å². The summed E-state index contributed by atoms with van der Waals surface area (Å²) in [5.41, 5.74) is 6.36. The molecule has 0 saturated carbocycles. The van der Waals surface area contributed by atoms with Gasteiger partial charge in [-0.15, -0.1) is 16.3 Å². The highest BCUT2D eigenvalue weighted by Crippen LogP contribution is 2.59. The average molecular weight is 392 g/mol. The van der Waals surface area contributed by atoms with E-state index in [1.165, 1.54) is 25.2 Å². The molecular formula is C12H19N5O6PS+. The number of ether oxygens (including phenoxy) is 2. The first-order chi connectivity index (χ1) is 11.9. The minimum Gasteiger partial charge on any atom is -0.382 e. The summed E-state index contributed by atoms with van der Waals surface area (Å²) < 4.78 is 21.9. The van der Waals surface area contributed by atoms with Gasteiger partial charge in [0.15, 0.2) is 29.5 Å². The summed E-state index contributed by atoms with van der Waals surface area (Å²) in [6, 6.07) is 0. The van der Waals surface area contributed by atoms with Gasteiger partial charge < -0.3 is 20.5 Å². The number of rotatable bonds is 3. The second kappa shape index (κ2) is 6.32. The molecule has 5 N–H and O–H groups in total. The Bertz CT molecular complexity index is 671. The van der Waals surface area contributed by atoms with Gasteiger partial charge in [-0.2, -0.15) is 14.3 Å². The molecular weight excluding hydrogens is 373 g/mol. The summed E-state index contributed by atoms with van der Waals surface area (Å²) in [7, 11) is -2.34. The fourth-order valence-corrected chi connectivity index (χ4v) is 4.92. The first-order valence-electron chi connectivity index (χ1n) is 7.49. The number of thioether (sulfide) groups is 1. The van der Waals surface area contributed by atoms with Gasteiger partial charge in [0.05, 0.1) is 0 Å². The highest BCUT2D eigenvalue weighted by molar-refractivity contribution is 7.99. The Hall–Kier alpha value is -0.980. The van der Waals surface area contributed by atoms with Crippen LogP contribution in [0.25, 0.3) is 0 Å². The molecule has 3 aliphatic rings. The van der Waals surface area contributed by atoms with Gasteiger partial charge in [-0.25, -0.2) is 9.97 Å². The van der Waals surface area contributed by atoms with Crippen LogP contribution in [0.3, 0.4) is 0 Å². The van der Waals surface area contributed by atoms with Crippen LogP contribution in [0.15, 0.2) is 6.33 Å². The summed E-state index contributed by atoms with van der Waals surface area (Å²) in [4.78, 5) is 29.7. The minimum atomic E-state index is -3.86. The van der Waals surface area contributed by atoms with Crippen molar-refractivity contribution in [2.75, 3.05) is 35.9 Å². The zero-order valence-corrected chi connectivity index (χ0v) is 15.2. The molecule has 1 aromatic rings. The number of fused-ring (bicyclic) bond motifs is 2. The van der Waals surface area contributed by atoms with E-state index in [1.807, 2.05) is 11.2 Å². The van der Waals surface area contributed by atoms with Gasteiger partial charge in [0.25, 0.3) is 0 Å². The van der Waals surface area contributed by atoms with Crippen LogP contribution in [0.4, 0.5) is 17.3 Å². The fraction of sp³-hybridized carbons (Fsp3) is 0.667. The number of methoxy groups -OCH3 is 1. The number of nitrogens with two attached hydrogens (primary N) is 1. The maximum atomic E-state index is 9.72. The van der Waals surface area contributed by atoms with Crippen molar-refractivity contribution in [2.24, 2.45) is 0 Å². The van der Waals surface area contributed by atoms with Gasteiger partial charge in [0.2, 0.25) is 0 Å². The molecule has 5 atom stereocenters. The summed E-state index contributed by atoms with van der Waals surface area (Å²) >= 11 is 1.53. The Labute approximate surface area is 148 Å². The van der Waals surface area contributed by atoms with Crippen molar-refractivity contribution in [1.82, 2.24) is 9.97 Å². The molecule has 2 saturated heterocycles. The number of anilines is 3. The Morgan fingerprint density at radius 1 is 1.48 bits per heavy atom. The van der Waals surface area contributed by atoms with Crippen LogP contribution in [0, 0.1) is 0 Å². The maximum absolute atomic E-state index is 9.72. The van der Waals surface area contributed by atoms with E-state index >= 15 is 0 Å². The molecule has 1 aromatic heterocycles. The SMILES string of the molecule is CO[C@@H]1[C@H](N2c3ncnc(N)c3NC2SC)OC2CO[P+](O)(O)O[C@@H]21. The number of nitrogens with zero attached hydrogens (tertiary/aromatic N) is 3. The molecule has 0 bridgehead atoms. The Balaban J connectivity index is 1.68. The standard InChI is InChI=1S/C12H19N5O6PS/c1-20-8-7-5(3-21-24(18,19)23-7)22-11(8)17-10-6(16-12(17)25-2)9(13)14-4-15-10/h4-5,7-8,11-12,16,18-19H,3H2,1-2H3,(H2,13,14,15)/q+1/t5?,7-,8-,11+,12?/m0/s1. The predicted octanol–water partition coefficient (Wildman–Crippen LogP) is -0.245. The Morgan fingerprint density at radius 3 is 3.00 bits per heavy atom. The van der Waals surface area contributed by atoms with E-state index in [0.29, 0.717) is 17.3 Å². The molecule has 11 nitrogen and oxygen atoms in total. The van der Waals surface area contributed by atoms with Crippen molar-refractivity contribution in [2.45, 2.75) is 30.0 Å². The quantitative estimate of drug-likeness (QED) is 0.504. The van der Waals surface area contributed by atoms with E-state index in [1.54, 1.807) is 0 Å². The van der Waals surface area contributed by atoms with Crippen LogP contribution in [0.2, 0.25) is 0 Å². The first kappa shape index (κ1) is 17.4.